The van der Waals surface area contributed by atoms with Crippen molar-refractivity contribution in [3.8, 4) is 5.75 Å². The molecule has 0 unspecified atom stereocenters. The van der Waals surface area contributed by atoms with Crippen molar-refractivity contribution in [2.45, 2.75) is 109 Å². The van der Waals surface area contributed by atoms with Crippen LogP contribution in [0.2, 0.25) is 0 Å². The van der Waals surface area contributed by atoms with Gasteiger partial charge in [0, 0.05) is 27.4 Å². The molecule has 0 amide bonds. The van der Waals surface area contributed by atoms with Crippen LogP contribution < -0.4 is 4.74 Å². The summed E-state index contributed by atoms with van der Waals surface area (Å²) in [5, 5.41) is 8.93. The molecule has 3 aliphatic rings. The van der Waals surface area contributed by atoms with E-state index in [-0.39, 0.29) is 17.6 Å². The van der Waals surface area contributed by atoms with Gasteiger partial charge < -0.3 is 24.1 Å². The number of hydrogen-bond acceptors (Lipinski definition) is 5. The number of methoxy groups -OCH3 is 2. The summed E-state index contributed by atoms with van der Waals surface area (Å²) in [6.07, 6.45) is 13.2. The molecule has 5 rings (SSSR count). The Labute approximate surface area is 256 Å². The van der Waals surface area contributed by atoms with Crippen molar-refractivity contribution >= 4 is 0 Å². The summed E-state index contributed by atoms with van der Waals surface area (Å²) in [5.74, 6) is 1.31. The number of benzene rings is 2. The Morgan fingerprint density at radius 1 is 0.907 bits per heavy atom. The van der Waals surface area contributed by atoms with Crippen LogP contribution in [0.4, 0.5) is 8.78 Å². The monoisotopic (exact) mass is 600 g/mol. The minimum absolute atomic E-state index is 0.0785. The maximum Gasteiger partial charge on any atom is 0.188 e. The Morgan fingerprint density at radius 3 is 2.35 bits per heavy atom. The number of unbranched alkanes of at least 4 members (excludes halogenated alkanes) is 5. The van der Waals surface area contributed by atoms with Crippen LogP contribution in [0.1, 0.15) is 112 Å². The molecule has 43 heavy (non-hydrogen) atoms. The third kappa shape index (κ3) is 7.11. The normalized spacial score (nSPS) is 26.3. The smallest absolute Gasteiger partial charge is 0.188 e. The fourth-order valence-corrected chi connectivity index (χ4v) is 8.46. The van der Waals surface area contributed by atoms with Crippen molar-refractivity contribution < 1.29 is 32.8 Å². The highest BCUT2D eigenvalue weighted by atomic mass is 19.1. The van der Waals surface area contributed by atoms with Crippen LogP contribution in [0, 0.1) is 28.9 Å². The maximum atomic E-state index is 14.7. The zero-order valence-corrected chi connectivity index (χ0v) is 26.2. The minimum atomic E-state index is -1.09. The van der Waals surface area contributed by atoms with E-state index in [4.69, 9.17) is 24.1 Å². The number of aliphatic hydroxyl groups is 1. The van der Waals surface area contributed by atoms with E-state index in [1.165, 1.54) is 88.8 Å². The first-order valence-electron chi connectivity index (χ1n) is 16.4. The van der Waals surface area contributed by atoms with E-state index < -0.39 is 17.9 Å². The molecule has 0 aliphatic heterocycles. The van der Waals surface area contributed by atoms with Crippen molar-refractivity contribution in [2.24, 2.45) is 17.3 Å². The minimum Gasteiger partial charge on any atom is -0.489 e. The summed E-state index contributed by atoms with van der Waals surface area (Å²) in [7, 11) is 2.70. The predicted octanol–water partition coefficient (Wildman–Crippen LogP) is 8.41. The van der Waals surface area contributed by atoms with Gasteiger partial charge >= 0.3 is 0 Å². The highest BCUT2D eigenvalue weighted by molar-refractivity contribution is 5.41. The van der Waals surface area contributed by atoms with Crippen LogP contribution in [0.5, 0.6) is 5.75 Å². The molecule has 7 heteroatoms. The lowest BCUT2D eigenvalue weighted by Crippen LogP contribution is -2.44. The van der Waals surface area contributed by atoms with Crippen molar-refractivity contribution in [3.63, 3.8) is 0 Å². The van der Waals surface area contributed by atoms with Gasteiger partial charge in [0.15, 0.2) is 6.29 Å². The van der Waals surface area contributed by atoms with E-state index in [9.17, 15) is 8.78 Å². The van der Waals surface area contributed by atoms with E-state index >= 15 is 0 Å². The number of fused-ring (bicyclic) bond motifs is 5. The number of aliphatic hydroxyl groups excluding tert-OH is 1. The van der Waals surface area contributed by atoms with Gasteiger partial charge in [0.1, 0.15) is 24.0 Å². The molecule has 0 bridgehead atoms. The first-order chi connectivity index (χ1) is 20.9. The van der Waals surface area contributed by atoms with Crippen LogP contribution in [-0.2, 0) is 27.2 Å². The van der Waals surface area contributed by atoms with Gasteiger partial charge in [0.05, 0.1) is 11.7 Å². The average Bonchev–Trinajstić information content (AvgIpc) is 3.35. The van der Waals surface area contributed by atoms with E-state index in [0.29, 0.717) is 36.0 Å². The first-order valence-corrected chi connectivity index (χ1v) is 16.4. The fourth-order valence-electron chi connectivity index (χ4n) is 8.46. The molecule has 0 radical (unpaired) electrons. The molecule has 2 aromatic carbocycles. The number of ether oxygens (including phenoxy) is 4. The molecule has 2 fully saturated rings. The average molecular weight is 601 g/mol. The highest BCUT2D eigenvalue weighted by Crippen LogP contribution is 2.61. The number of rotatable bonds is 15. The van der Waals surface area contributed by atoms with Crippen molar-refractivity contribution in [3.05, 3.63) is 64.2 Å². The zero-order valence-electron chi connectivity index (χ0n) is 26.2. The molecule has 5 atom stereocenters. The lowest BCUT2D eigenvalue weighted by atomic mass is 9.55. The number of hydrogen-bond donors (Lipinski definition) is 1. The van der Waals surface area contributed by atoms with Crippen molar-refractivity contribution in [2.75, 3.05) is 27.4 Å². The summed E-state index contributed by atoms with van der Waals surface area (Å²) in [6.45, 7) is 3.75. The van der Waals surface area contributed by atoms with Gasteiger partial charge in [0.25, 0.3) is 0 Å². The Balaban J connectivity index is 1.16. The quantitative estimate of drug-likeness (QED) is 0.164. The summed E-state index contributed by atoms with van der Waals surface area (Å²) in [5.41, 5.74) is 3.27. The SMILES string of the molecule is COC(OC)c1c(F)cc(COc2ccc3c(c2)CC[C@@H]2[C@@H]3CC[C@]3(C)[C@@H](OCCCCCCCCO)CC[C@@H]23)cc1F. The molecule has 0 aromatic heterocycles. The fraction of sp³-hybridized carbons (Fsp3) is 0.667. The Bertz CT molecular complexity index is 1180. The summed E-state index contributed by atoms with van der Waals surface area (Å²) in [4.78, 5) is 0. The third-order valence-electron chi connectivity index (χ3n) is 10.7. The van der Waals surface area contributed by atoms with Gasteiger partial charge in [-0.05, 0) is 115 Å². The molecule has 0 heterocycles. The first kappa shape index (κ1) is 32.3. The second kappa shape index (κ2) is 14.8. The van der Waals surface area contributed by atoms with Gasteiger partial charge in [-0.3, -0.25) is 0 Å². The summed E-state index contributed by atoms with van der Waals surface area (Å²) >= 11 is 0. The van der Waals surface area contributed by atoms with Crippen LogP contribution in [0.25, 0.3) is 0 Å². The van der Waals surface area contributed by atoms with Gasteiger partial charge in [0.2, 0.25) is 0 Å². The van der Waals surface area contributed by atoms with Gasteiger partial charge in [-0.2, -0.15) is 0 Å². The number of aryl methyl sites for hydroxylation is 1. The zero-order chi connectivity index (χ0) is 30.4. The van der Waals surface area contributed by atoms with Crippen molar-refractivity contribution in [1.29, 1.82) is 0 Å². The Morgan fingerprint density at radius 2 is 1.63 bits per heavy atom. The second-order valence-corrected chi connectivity index (χ2v) is 13.2. The second-order valence-electron chi connectivity index (χ2n) is 13.2. The molecular formula is C36H50F2O5. The summed E-state index contributed by atoms with van der Waals surface area (Å²) in [6, 6.07) is 8.96. The predicted molar refractivity (Wildman–Crippen MR) is 163 cm³/mol. The van der Waals surface area contributed by atoms with Crippen LogP contribution in [-0.4, -0.2) is 38.6 Å². The molecule has 5 nitrogen and oxygen atoms in total. The molecule has 2 aromatic rings. The van der Waals surface area contributed by atoms with Crippen LogP contribution in [0.15, 0.2) is 30.3 Å². The molecular weight excluding hydrogens is 550 g/mol. The van der Waals surface area contributed by atoms with Crippen molar-refractivity contribution in [1.82, 2.24) is 0 Å². The van der Waals surface area contributed by atoms with Crippen LogP contribution in [0.3, 0.4) is 0 Å². The third-order valence-corrected chi connectivity index (χ3v) is 10.7. The van der Waals surface area contributed by atoms with Gasteiger partial charge in [-0.25, -0.2) is 8.78 Å². The molecule has 0 saturated heterocycles. The van der Waals surface area contributed by atoms with Crippen LogP contribution >= 0.6 is 0 Å². The van der Waals surface area contributed by atoms with Gasteiger partial charge in [-0.15, -0.1) is 0 Å². The molecule has 238 valence electrons. The standard InChI is InChI=1S/C36H50F2O5/c1-36-17-16-28-27-13-11-26(43-23-24-20-31(37)34(32(38)21-24)35(40-2)41-3)22-25(27)10-12-29(28)30(36)14-15-33(36)42-19-9-7-5-4-6-8-18-39/h11,13,20-22,28-30,33,35,39H,4-10,12,14-19,23H2,1-3H3/t28-,29-,30+,33+,36+/m1/s1. The molecule has 2 saturated carbocycles. The number of halogens is 2. The Hall–Kier alpha value is -2.06. The van der Waals surface area contributed by atoms with E-state index in [1.807, 2.05) is 6.07 Å². The molecule has 0 spiro atoms. The van der Waals surface area contributed by atoms with Gasteiger partial charge in [-0.1, -0.05) is 38.7 Å². The maximum absolute atomic E-state index is 14.7. The highest BCUT2D eigenvalue weighted by Gasteiger charge is 2.55. The molecule has 1 N–H and O–H groups in total. The van der Waals surface area contributed by atoms with E-state index in [0.717, 1.165) is 38.0 Å². The van der Waals surface area contributed by atoms with E-state index in [1.54, 1.807) is 0 Å². The van der Waals surface area contributed by atoms with E-state index in [2.05, 4.69) is 19.1 Å². The largest absolute Gasteiger partial charge is 0.489 e. The topological polar surface area (TPSA) is 57.2 Å². The lowest BCUT2D eigenvalue weighted by molar-refractivity contribution is -0.109. The lowest BCUT2D eigenvalue weighted by Gasteiger charge is -2.50. The molecule has 3 aliphatic carbocycles. The Kier molecular flexibility index (Phi) is 11.1. The summed E-state index contributed by atoms with van der Waals surface area (Å²) < 4.78 is 52.0.